The molecule has 3 N–H and O–H groups in total. The molecule has 0 spiro atoms. The third-order valence-corrected chi connectivity index (χ3v) is 1.99. The quantitative estimate of drug-likeness (QED) is 0.564. The largest absolute Gasteiger partial charge is 0.465 e. The summed E-state index contributed by atoms with van der Waals surface area (Å²) in [4.78, 5) is 25.8. The second kappa shape index (κ2) is 6.25. The van der Waals surface area contributed by atoms with E-state index in [0.717, 1.165) is 0 Å². The number of hydrogen-bond acceptors (Lipinski definition) is 5. The fourth-order valence-corrected chi connectivity index (χ4v) is 1.11. The van der Waals surface area contributed by atoms with Crippen LogP contribution in [0.25, 0.3) is 0 Å². The van der Waals surface area contributed by atoms with Crippen LogP contribution in [0.1, 0.15) is 22.8 Å². The SMILES string of the molecule is COC(=O)c1cnc(N)c(C#CCNC(C)=O)c1. The van der Waals surface area contributed by atoms with E-state index in [-0.39, 0.29) is 23.8 Å². The number of nitrogens with zero attached hydrogens (tertiary/aromatic N) is 1. The van der Waals surface area contributed by atoms with Crippen molar-refractivity contribution in [1.82, 2.24) is 10.3 Å². The van der Waals surface area contributed by atoms with E-state index in [4.69, 9.17) is 5.73 Å². The van der Waals surface area contributed by atoms with Crippen molar-refractivity contribution >= 4 is 17.7 Å². The van der Waals surface area contributed by atoms with Crippen LogP contribution in [0.15, 0.2) is 12.3 Å². The summed E-state index contributed by atoms with van der Waals surface area (Å²) in [5.41, 5.74) is 6.31. The third-order valence-electron chi connectivity index (χ3n) is 1.99. The van der Waals surface area contributed by atoms with Crippen LogP contribution < -0.4 is 11.1 Å². The Morgan fingerprint density at radius 2 is 2.28 bits per heavy atom. The molecule has 0 aliphatic carbocycles. The van der Waals surface area contributed by atoms with E-state index in [2.05, 4.69) is 26.9 Å². The first-order valence-corrected chi connectivity index (χ1v) is 5.11. The molecule has 0 atom stereocenters. The standard InChI is InChI=1S/C12H13N3O3/c1-8(16)14-5-3-4-9-6-10(12(17)18-2)7-15-11(9)13/h6-7H,5H2,1-2H3,(H2,13,15)(H,14,16). The Bertz CT molecular complexity index is 529. The number of methoxy groups -OCH3 is 1. The lowest BCUT2D eigenvalue weighted by Crippen LogP contribution is -2.19. The van der Waals surface area contributed by atoms with Crippen LogP contribution >= 0.6 is 0 Å². The van der Waals surface area contributed by atoms with Crippen molar-refractivity contribution in [3.8, 4) is 11.8 Å². The number of amides is 1. The zero-order valence-corrected chi connectivity index (χ0v) is 10.1. The molecular formula is C12H13N3O3. The molecule has 1 amide bonds. The van der Waals surface area contributed by atoms with Gasteiger partial charge >= 0.3 is 5.97 Å². The minimum absolute atomic E-state index is 0.168. The number of anilines is 1. The van der Waals surface area contributed by atoms with Crippen molar-refractivity contribution in [2.75, 3.05) is 19.4 Å². The first kappa shape index (κ1) is 13.5. The zero-order chi connectivity index (χ0) is 13.5. The fourth-order valence-electron chi connectivity index (χ4n) is 1.11. The summed E-state index contributed by atoms with van der Waals surface area (Å²) >= 11 is 0. The Kier molecular flexibility index (Phi) is 4.69. The number of pyridine rings is 1. The number of nitrogens with two attached hydrogens (primary N) is 1. The first-order valence-electron chi connectivity index (χ1n) is 5.11. The minimum Gasteiger partial charge on any atom is -0.465 e. The normalized spacial score (nSPS) is 9.00. The maximum atomic E-state index is 11.3. The van der Waals surface area contributed by atoms with E-state index >= 15 is 0 Å². The van der Waals surface area contributed by atoms with E-state index in [1.54, 1.807) is 0 Å². The highest BCUT2D eigenvalue weighted by molar-refractivity contribution is 5.89. The van der Waals surface area contributed by atoms with Crippen LogP contribution in [0, 0.1) is 11.8 Å². The van der Waals surface area contributed by atoms with Gasteiger partial charge in [0.05, 0.1) is 24.8 Å². The predicted octanol–water partition coefficient (Wildman–Crippen LogP) is -0.0620. The van der Waals surface area contributed by atoms with Crippen LogP contribution in [-0.2, 0) is 9.53 Å². The molecule has 18 heavy (non-hydrogen) atoms. The van der Waals surface area contributed by atoms with Gasteiger partial charge in [-0.15, -0.1) is 0 Å². The topological polar surface area (TPSA) is 94.3 Å². The number of nitrogens with one attached hydrogen (secondary N) is 1. The minimum atomic E-state index is -0.507. The zero-order valence-electron chi connectivity index (χ0n) is 10.1. The van der Waals surface area contributed by atoms with Crippen molar-refractivity contribution in [2.24, 2.45) is 0 Å². The summed E-state index contributed by atoms with van der Waals surface area (Å²) in [6.45, 7) is 1.60. The Morgan fingerprint density at radius 3 is 2.89 bits per heavy atom. The Hall–Kier alpha value is -2.55. The maximum absolute atomic E-state index is 11.3. The average molecular weight is 247 g/mol. The summed E-state index contributed by atoms with van der Waals surface area (Å²) < 4.78 is 4.56. The number of aromatic nitrogens is 1. The second-order valence-corrected chi connectivity index (χ2v) is 3.36. The molecule has 0 radical (unpaired) electrons. The number of carbonyl (C=O) groups is 2. The summed E-state index contributed by atoms with van der Waals surface area (Å²) in [5, 5.41) is 2.52. The smallest absolute Gasteiger partial charge is 0.339 e. The number of carbonyl (C=O) groups excluding carboxylic acids is 2. The van der Waals surface area contributed by atoms with Gasteiger partial charge in [-0.25, -0.2) is 9.78 Å². The molecule has 0 saturated heterocycles. The van der Waals surface area contributed by atoms with Gasteiger partial charge in [0, 0.05) is 13.1 Å². The Labute approximate surface area is 105 Å². The fraction of sp³-hybridized carbons (Fsp3) is 0.250. The number of nitrogen functional groups attached to an aromatic ring is 1. The number of esters is 1. The van der Waals surface area contributed by atoms with Gasteiger partial charge in [-0.3, -0.25) is 4.79 Å². The molecule has 0 bridgehead atoms. The van der Waals surface area contributed by atoms with Crippen LogP contribution in [-0.4, -0.2) is 30.5 Å². The molecular weight excluding hydrogens is 234 g/mol. The molecule has 0 aliphatic heterocycles. The highest BCUT2D eigenvalue weighted by atomic mass is 16.5. The van der Waals surface area contributed by atoms with Gasteiger partial charge in [0.15, 0.2) is 0 Å². The Morgan fingerprint density at radius 1 is 1.56 bits per heavy atom. The van der Waals surface area contributed by atoms with Gasteiger partial charge in [0.2, 0.25) is 5.91 Å². The highest BCUT2D eigenvalue weighted by Crippen LogP contribution is 2.10. The number of ether oxygens (including phenoxy) is 1. The molecule has 0 aromatic carbocycles. The molecule has 0 aliphatic rings. The van der Waals surface area contributed by atoms with Crippen molar-refractivity contribution in [2.45, 2.75) is 6.92 Å². The van der Waals surface area contributed by atoms with E-state index in [1.165, 1.54) is 26.3 Å². The van der Waals surface area contributed by atoms with Crippen molar-refractivity contribution in [3.63, 3.8) is 0 Å². The van der Waals surface area contributed by atoms with Crippen LogP contribution in [0.3, 0.4) is 0 Å². The third kappa shape index (κ3) is 3.79. The van der Waals surface area contributed by atoms with E-state index < -0.39 is 5.97 Å². The Balaban J connectivity index is 2.87. The number of hydrogen-bond donors (Lipinski definition) is 2. The van der Waals surface area contributed by atoms with Crippen LogP contribution in [0.4, 0.5) is 5.82 Å². The molecule has 6 heteroatoms. The highest BCUT2D eigenvalue weighted by Gasteiger charge is 2.08. The van der Waals surface area contributed by atoms with E-state index in [1.807, 2.05) is 0 Å². The lowest BCUT2D eigenvalue weighted by molar-refractivity contribution is -0.118. The van der Waals surface area contributed by atoms with Gasteiger partial charge < -0.3 is 15.8 Å². The lowest BCUT2D eigenvalue weighted by Gasteiger charge is -2.01. The van der Waals surface area contributed by atoms with Gasteiger partial charge in [-0.05, 0) is 6.07 Å². The first-order chi connectivity index (χ1) is 8.54. The van der Waals surface area contributed by atoms with Gasteiger partial charge in [0.1, 0.15) is 5.82 Å². The maximum Gasteiger partial charge on any atom is 0.339 e. The van der Waals surface area contributed by atoms with Gasteiger partial charge in [0.25, 0.3) is 0 Å². The average Bonchev–Trinajstić information content (AvgIpc) is 2.35. The van der Waals surface area contributed by atoms with Gasteiger partial charge in [-0.1, -0.05) is 11.8 Å². The van der Waals surface area contributed by atoms with Gasteiger partial charge in [-0.2, -0.15) is 0 Å². The van der Waals surface area contributed by atoms with Crippen LogP contribution in [0.2, 0.25) is 0 Å². The summed E-state index contributed by atoms with van der Waals surface area (Å²) in [7, 11) is 1.28. The second-order valence-electron chi connectivity index (χ2n) is 3.36. The predicted molar refractivity (Wildman–Crippen MR) is 65.6 cm³/mol. The molecule has 0 saturated carbocycles. The van der Waals surface area contributed by atoms with E-state index in [9.17, 15) is 9.59 Å². The number of rotatable bonds is 2. The van der Waals surface area contributed by atoms with Crippen LogP contribution in [0.5, 0.6) is 0 Å². The van der Waals surface area contributed by atoms with Crippen molar-refractivity contribution < 1.29 is 14.3 Å². The summed E-state index contributed by atoms with van der Waals surface area (Å²) in [6.07, 6.45) is 1.32. The molecule has 0 fully saturated rings. The molecule has 1 heterocycles. The molecule has 1 aromatic rings. The molecule has 1 rings (SSSR count). The molecule has 0 unspecified atom stereocenters. The summed E-state index contributed by atoms with van der Waals surface area (Å²) in [6, 6.07) is 1.49. The van der Waals surface area contributed by atoms with E-state index in [0.29, 0.717) is 5.56 Å². The van der Waals surface area contributed by atoms with Crippen molar-refractivity contribution in [1.29, 1.82) is 0 Å². The summed E-state index contributed by atoms with van der Waals surface area (Å²) in [5.74, 6) is 4.98. The monoisotopic (exact) mass is 247 g/mol. The molecule has 6 nitrogen and oxygen atoms in total. The molecule has 1 aromatic heterocycles. The lowest BCUT2D eigenvalue weighted by atomic mass is 10.2. The van der Waals surface area contributed by atoms with Crippen molar-refractivity contribution in [3.05, 3.63) is 23.4 Å². The molecule has 94 valence electrons.